The number of rotatable bonds is 10. The number of sulfonamides is 2. The molecule has 0 unspecified atom stereocenters. The van der Waals surface area contributed by atoms with Crippen LogP contribution >= 0.6 is 0 Å². The number of benzene rings is 2. The number of hydrogen-bond donors (Lipinski definition) is 1. The highest BCUT2D eigenvalue weighted by molar-refractivity contribution is 7.89. The lowest BCUT2D eigenvalue weighted by molar-refractivity contribution is -0.126. The lowest BCUT2D eigenvalue weighted by Crippen LogP contribution is -2.45. The highest BCUT2D eigenvalue weighted by atomic mass is 32.2. The Labute approximate surface area is 206 Å². The van der Waals surface area contributed by atoms with Gasteiger partial charge in [0.15, 0.2) is 0 Å². The summed E-state index contributed by atoms with van der Waals surface area (Å²) in [5, 5.41) is 2.80. The van der Waals surface area contributed by atoms with E-state index < -0.39 is 26.0 Å². The fourth-order valence-corrected chi connectivity index (χ4v) is 6.10. The Morgan fingerprint density at radius 1 is 1.00 bits per heavy atom. The Bertz CT molecular complexity index is 1210. The molecule has 2 aromatic carbocycles. The molecule has 0 spiro atoms. The summed E-state index contributed by atoms with van der Waals surface area (Å²) in [6.45, 7) is 0.897. The van der Waals surface area contributed by atoms with E-state index in [-0.39, 0.29) is 35.4 Å². The Balaban J connectivity index is 1.49. The van der Waals surface area contributed by atoms with Crippen LogP contribution in [0.2, 0.25) is 0 Å². The molecule has 35 heavy (non-hydrogen) atoms. The molecule has 12 heteroatoms. The molecule has 1 atom stereocenters. The molecule has 2 aromatic rings. The number of carbonyl (C=O) groups is 1. The first-order valence-corrected chi connectivity index (χ1v) is 14.0. The molecule has 0 radical (unpaired) electrons. The minimum atomic E-state index is -3.71. The smallest absolute Gasteiger partial charge is 0.243 e. The summed E-state index contributed by atoms with van der Waals surface area (Å²) in [4.78, 5) is 13.0. The van der Waals surface area contributed by atoms with Crippen molar-refractivity contribution in [3.8, 4) is 11.5 Å². The third-order valence-electron chi connectivity index (χ3n) is 5.72. The van der Waals surface area contributed by atoms with Crippen LogP contribution < -0.4 is 14.8 Å². The zero-order chi connectivity index (χ0) is 25.6. The van der Waals surface area contributed by atoms with Crippen molar-refractivity contribution in [2.45, 2.75) is 22.6 Å². The maximum atomic E-state index is 13.0. The van der Waals surface area contributed by atoms with Gasteiger partial charge < -0.3 is 14.8 Å². The minimum absolute atomic E-state index is 0.114. The van der Waals surface area contributed by atoms with Crippen LogP contribution in [-0.2, 0) is 24.8 Å². The second kappa shape index (κ2) is 11.4. The van der Waals surface area contributed by atoms with E-state index in [0.29, 0.717) is 30.9 Å². The molecule has 3 rings (SSSR count). The first-order valence-electron chi connectivity index (χ1n) is 11.1. The van der Waals surface area contributed by atoms with Crippen LogP contribution in [0, 0.1) is 5.92 Å². The Morgan fingerprint density at radius 2 is 1.60 bits per heavy atom. The van der Waals surface area contributed by atoms with Crippen LogP contribution in [0.15, 0.2) is 58.3 Å². The van der Waals surface area contributed by atoms with E-state index in [1.54, 1.807) is 24.3 Å². The number of ether oxygens (including phenoxy) is 2. The molecule has 10 nitrogen and oxygen atoms in total. The summed E-state index contributed by atoms with van der Waals surface area (Å²) in [6.07, 6.45) is 1.19. The van der Waals surface area contributed by atoms with Crippen molar-refractivity contribution in [1.29, 1.82) is 0 Å². The van der Waals surface area contributed by atoms with Gasteiger partial charge in [0, 0.05) is 27.2 Å². The lowest BCUT2D eigenvalue weighted by Gasteiger charge is -2.31. The lowest BCUT2D eigenvalue weighted by atomic mass is 9.99. The molecule has 1 aliphatic rings. The second-order valence-electron chi connectivity index (χ2n) is 8.28. The summed E-state index contributed by atoms with van der Waals surface area (Å²) in [7, 11) is -2.78. The van der Waals surface area contributed by atoms with E-state index in [2.05, 4.69) is 5.32 Å². The third-order valence-corrected chi connectivity index (χ3v) is 9.43. The van der Waals surface area contributed by atoms with Crippen molar-refractivity contribution in [3.05, 3.63) is 48.5 Å². The standard InChI is InChI=1S/C23H31N3O7S2/c1-25(2)34(28,29)21-12-8-20(9-13-21)33-16-14-24-23(27)18-5-4-15-26(17-18)35(30,31)22-10-6-19(32-3)7-11-22/h6-13,18H,4-5,14-17H2,1-3H3,(H,24,27)/t18-/m0/s1. The number of nitrogens with zero attached hydrogens (tertiary/aromatic N) is 2. The summed E-state index contributed by atoms with van der Waals surface area (Å²) in [5.74, 6) is 0.367. The first-order chi connectivity index (χ1) is 16.6. The second-order valence-corrected chi connectivity index (χ2v) is 12.4. The van der Waals surface area contributed by atoms with Crippen LogP contribution in [0.1, 0.15) is 12.8 Å². The highest BCUT2D eigenvalue weighted by Crippen LogP contribution is 2.25. The average molecular weight is 526 g/mol. The zero-order valence-corrected chi connectivity index (χ0v) is 21.6. The molecule has 0 aliphatic carbocycles. The number of amides is 1. The summed E-state index contributed by atoms with van der Waals surface area (Å²) in [5.41, 5.74) is 0. The monoisotopic (exact) mass is 525 g/mol. The molecule has 1 saturated heterocycles. The molecule has 0 aromatic heterocycles. The van der Waals surface area contributed by atoms with Gasteiger partial charge in [-0.3, -0.25) is 4.79 Å². The fraction of sp³-hybridized carbons (Fsp3) is 0.435. The van der Waals surface area contributed by atoms with Gasteiger partial charge in [0.1, 0.15) is 18.1 Å². The average Bonchev–Trinajstić information content (AvgIpc) is 2.86. The SMILES string of the molecule is COc1ccc(S(=O)(=O)N2CCC[C@H](C(=O)NCCOc3ccc(S(=O)(=O)N(C)C)cc3)C2)cc1. The van der Waals surface area contributed by atoms with E-state index in [4.69, 9.17) is 9.47 Å². The molecule has 192 valence electrons. The van der Waals surface area contributed by atoms with E-state index in [0.717, 1.165) is 4.31 Å². The number of piperidine rings is 1. The van der Waals surface area contributed by atoms with Crippen molar-refractivity contribution in [2.24, 2.45) is 5.92 Å². The minimum Gasteiger partial charge on any atom is -0.497 e. The van der Waals surface area contributed by atoms with Gasteiger partial charge in [-0.1, -0.05) is 0 Å². The summed E-state index contributed by atoms with van der Waals surface area (Å²) >= 11 is 0. The number of nitrogens with one attached hydrogen (secondary N) is 1. The normalized spacial score (nSPS) is 17.2. The zero-order valence-electron chi connectivity index (χ0n) is 20.0. The predicted molar refractivity (Wildman–Crippen MR) is 130 cm³/mol. The number of methoxy groups -OCH3 is 1. The van der Waals surface area contributed by atoms with E-state index >= 15 is 0 Å². The summed E-state index contributed by atoms with van der Waals surface area (Å²) < 4.78 is 63.3. The van der Waals surface area contributed by atoms with Gasteiger partial charge in [0.05, 0.1) is 29.4 Å². The first kappa shape index (κ1) is 26.9. The van der Waals surface area contributed by atoms with Crippen LogP contribution in [0.25, 0.3) is 0 Å². The molecule has 1 aliphatic heterocycles. The van der Waals surface area contributed by atoms with Crippen LogP contribution in [0.3, 0.4) is 0 Å². The predicted octanol–water partition coefficient (Wildman–Crippen LogP) is 1.54. The Hall–Kier alpha value is -2.67. The molecule has 0 saturated carbocycles. The van der Waals surface area contributed by atoms with Gasteiger partial charge >= 0.3 is 0 Å². The van der Waals surface area contributed by atoms with Gasteiger partial charge in [-0.15, -0.1) is 0 Å². The maximum Gasteiger partial charge on any atom is 0.243 e. The van der Waals surface area contributed by atoms with E-state index in [1.807, 2.05) is 0 Å². The maximum absolute atomic E-state index is 13.0. The molecule has 0 bridgehead atoms. The van der Waals surface area contributed by atoms with Gasteiger partial charge in [0.25, 0.3) is 0 Å². The molecule has 1 amide bonds. The highest BCUT2D eigenvalue weighted by Gasteiger charge is 2.33. The topological polar surface area (TPSA) is 122 Å². The van der Waals surface area contributed by atoms with Gasteiger partial charge in [0.2, 0.25) is 26.0 Å². The van der Waals surface area contributed by atoms with Gasteiger partial charge in [-0.05, 0) is 61.4 Å². The van der Waals surface area contributed by atoms with Crippen molar-refractivity contribution in [3.63, 3.8) is 0 Å². The third kappa shape index (κ3) is 6.51. The molecule has 1 N–H and O–H groups in total. The largest absolute Gasteiger partial charge is 0.497 e. The van der Waals surface area contributed by atoms with Crippen LogP contribution in [-0.4, -0.2) is 78.8 Å². The van der Waals surface area contributed by atoms with E-state index in [1.165, 1.54) is 49.8 Å². The van der Waals surface area contributed by atoms with E-state index in [9.17, 15) is 21.6 Å². The number of carbonyl (C=O) groups excluding carboxylic acids is 1. The summed E-state index contributed by atoms with van der Waals surface area (Å²) in [6, 6.07) is 12.2. The fourth-order valence-electron chi connectivity index (χ4n) is 3.68. The van der Waals surface area contributed by atoms with Crippen molar-refractivity contribution < 1.29 is 31.1 Å². The number of hydrogen-bond acceptors (Lipinski definition) is 7. The van der Waals surface area contributed by atoms with Crippen LogP contribution in [0.4, 0.5) is 0 Å². The molecule has 1 heterocycles. The van der Waals surface area contributed by atoms with Crippen molar-refractivity contribution in [1.82, 2.24) is 13.9 Å². The molecular formula is C23H31N3O7S2. The molecular weight excluding hydrogens is 494 g/mol. The van der Waals surface area contributed by atoms with Crippen molar-refractivity contribution >= 4 is 26.0 Å². The van der Waals surface area contributed by atoms with Gasteiger partial charge in [-0.2, -0.15) is 4.31 Å². The van der Waals surface area contributed by atoms with Crippen LogP contribution in [0.5, 0.6) is 11.5 Å². The Kier molecular flexibility index (Phi) is 8.75. The molecule has 1 fully saturated rings. The Morgan fingerprint density at radius 3 is 2.20 bits per heavy atom. The quantitative estimate of drug-likeness (QED) is 0.467. The van der Waals surface area contributed by atoms with Crippen molar-refractivity contribution in [2.75, 3.05) is 47.4 Å². The van der Waals surface area contributed by atoms with Gasteiger partial charge in [-0.25, -0.2) is 21.1 Å².